The molecule has 7 fully saturated rings. The highest BCUT2D eigenvalue weighted by molar-refractivity contribution is 6.35. The van der Waals surface area contributed by atoms with Gasteiger partial charge in [-0.15, -0.1) is 0 Å². The number of rotatable bonds is 20. The number of imidazole rings is 7. The van der Waals surface area contributed by atoms with E-state index >= 15 is 0 Å². The van der Waals surface area contributed by atoms with E-state index in [1.807, 2.05) is 78.0 Å². The van der Waals surface area contributed by atoms with Crippen LogP contribution in [0, 0.1) is 0 Å². The van der Waals surface area contributed by atoms with Crippen LogP contribution in [0.15, 0.2) is 251 Å². The predicted octanol–water partition coefficient (Wildman–Crippen LogP) is 24.5. The summed E-state index contributed by atoms with van der Waals surface area (Å²) in [6.07, 6.45) is 37.4. The molecule has 20 nitrogen and oxygen atoms in total. The minimum absolute atomic E-state index is 0.518. The van der Waals surface area contributed by atoms with Gasteiger partial charge in [0.15, 0.2) is 0 Å². The lowest BCUT2D eigenvalue weighted by molar-refractivity contribution is 0.624. The second kappa shape index (κ2) is 35.6. The third-order valence-corrected chi connectivity index (χ3v) is 29.5. The molecule has 10 aliphatic rings. The van der Waals surface area contributed by atoms with Crippen LogP contribution in [0.2, 0.25) is 10.0 Å². The molecule has 15 aromatic rings. The maximum Gasteiger partial charge on any atom is 0.105 e. The average molecular weight is 1780 g/mol. The Morgan fingerprint density at radius 1 is 0.290 bits per heavy atom. The molecule has 0 saturated heterocycles. The van der Waals surface area contributed by atoms with Crippen molar-refractivity contribution in [2.24, 2.45) is 14.1 Å². The summed E-state index contributed by atoms with van der Waals surface area (Å²) in [5.74, 6) is 7.74. The first-order valence-electron chi connectivity index (χ1n) is 47.3. The van der Waals surface area contributed by atoms with E-state index in [1.54, 1.807) is 5.69 Å². The SMILES string of the molecule is C=C1N(C)c2ccc(Cn3cnc(C4CC4)c3-c3cc(Cl)ccc3Cl)cc2N1C.C=C1N(C)c2ccc(Cn3cnc(C4CC4)c3C3CCCC3)cc2N1C.C=C1N(C)c2ccc(Cn3cnc(C4CCCC4)c3C3CC3)cc2N1C.Cn1cnc2ccc(Cn3cnc(-c4ccccc4)c3C3CC3)cc21.Cn1cnc2ccc(Cn3cnc(C4CC4)c3-c3ccccc3)cc21. The molecule has 668 valence electrons. The topological polar surface area (TPSA) is 144 Å². The fourth-order valence-electron chi connectivity index (χ4n) is 20.7. The zero-order valence-electron chi connectivity index (χ0n) is 76.8. The minimum atomic E-state index is 0.518. The van der Waals surface area contributed by atoms with Gasteiger partial charge >= 0.3 is 0 Å². The van der Waals surface area contributed by atoms with E-state index in [4.69, 9.17) is 48.1 Å². The van der Waals surface area contributed by atoms with Gasteiger partial charge in [0.05, 0.1) is 145 Å². The van der Waals surface area contributed by atoms with E-state index < -0.39 is 0 Å². The Bertz CT molecular complexity index is 6800. The van der Waals surface area contributed by atoms with Crippen LogP contribution in [0.4, 0.5) is 34.1 Å². The Balaban J connectivity index is 0.0000000990. The molecule has 10 heterocycles. The highest BCUT2D eigenvalue weighted by atomic mass is 35.5. The summed E-state index contributed by atoms with van der Waals surface area (Å²) in [4.78, 5) is 45.8. The molecule has 0 spiro atoms. The van der Waals surface area contributed by atoms with Gasteiger partial charge in [0, 0.05) is 169 Å². The summed E-state index contributed by atoms with van der Waals surface area (Å²) in [6, 6.07) is 60.0. The number of aromatic nitrogens is 14. The molecule has 0 unspecified atom stereocenters. The van der Waals surface area contributed by atoms with Gasteiger partial charge in [-0.3, -0.25) is 0 Å². The summed E-state index contributed by atoms with van der Waals surface area (Å²) in [7, 11) is 16.5. The van der Waals surface area contributed by atoms with Gasteiger partial charge < -0.3 is 61.4 Å². The highest BCUT2D eigenvalue weighted by Crippen LogP contribution is 2.52. The first kappa shape index (κ1) is 85.1. The maximum atomic E-state index is 6.57. The predicted molar refractivity (Wildman–Crippen MR) is 534 cm³/mol. The number of anilines is 6. The molecule has 0 bridgehead atoms. The quantitative estimate of drug-likeness (QED) is 0.0714. The molecule has 8 aromatic carbocycles. The molecule has 131 heavy (non-hydrogen) atoms. The number of hydrogen-bond acceptors (Lipinski definition) is 13. The van der Waals surface area contributed by atoms with Crippen LogP contribution in [-0.2, 0) is 46.8 Å². The second-order valence-corrected chi connectivity index (χ2v) is 39.1. The molecule has 7 aromatic heterocycles. The first-order chi connectivity index (χ1) is 63.8. The fraction of sp³-hybridized carbons (Fsp3) is 0.349. The van der Waals surface area contributed by atoms with E-state index in [-0.39, 0.29) is 0 Å². The summed E-state index contributed by atoms with van der Waals surface area (Å²) in [6.45, 7) is 16.7. The average Bonchev–Trinajstić information content (AvgIpc) is 1.59. The Morgan fingerprint density at radius 3 is 1.08 bits per heavy atom. The van der Waals surface area contributed by atoms with Crippen molar-refractivity contribution in [1.82, 2.24) is 66.9 Å². The zero-order valence-corrected chi connectivity index (χ0v) is 78.3. The first-order valence-corrected chi connectivity index (χ1v) is 48.0. The van der Waals surface area contributed by atoms with Crippen LogP contribution in [0.3, 0.4) is 0 Å². The number of hydrogen-bond donors (Lipinski definition) is 0. The third-order valence-electron chi connectivity index (χ3n) is 29.0. The number of aryl methyl sites for hydroxylation is 2. The number of fused-ring (bicyclic) bond motifs is 5. The fourth-order valence-corrected chi connectivity index (χ4v) is 21.1. The largest absolute Gasteiger partial charge is 0.334 e. The van der Waals surface area contributed by atoms with E-state index in [2.05, 4.69) is 284 Å². The van der Waals surface area contributed by atoms with Crippen molar-refractivity contribution < 1.29 is 0 Å². The van der Waals surface area contributed by atoms with E-state index in [0.29, 0.717) is 33.7 Å². The summed E-state index contributed by atoms with van der Waals surface area (Å²) in [5.41, 5.74) is 34.8. The van der Waals surface area contributed by atoms with Gasteiger partial charge in [0.25, 0.3) is 0 Å². The van der Waals surface area contributed by atoms with Gasteiger partial charge in [-0.05, 0) is 197 Å². The zero-order chi connectivity index (χ0) is 89.6. The lowest BCUT2D eigenvalue weighted by atomic mass is 9.99. The summed E-state index contributed by atoms with van der Waals surface area (Å²) in [5, 5.41) is 1.38. The van der Waals surface area contributed by atoms with Crippen molar-refractivity contribution in [3.63, 3.8) is 0 Å². The third kappa shape index (κ3) is 17.2. The van der Waals surface area contributed by atoms with Crippen molar-refractivity contribution in [2.45, 2.75) is 190 Å². The van der Waals surface area contributed by atoms with Crippen molar-refractivity contribution >= 4 is 79.4 Å². The van der Waals surface area contributed by atoms with Crippen LogP contribution in [0.1, 0.15) is 225 Å². The normalized spacial score (nSPS) is 17.0. The molecule has 7 saturated carbocycles. The lowest BCUT2D eigenvalue weighted by Gasteiger charge is -2.17. The van der Waals surface area contributed by atoms with Crippen LogP contribution >= 0.6 is 23.2 Å². The summed E-state index contributed by atoms with van der Waals surface area (Å²) >= 11 is 12.9. The van der Waals surface area contributed by atoms with E-state index in [9.17, 15) is 0 Å². The standard InChI is InChI=1S/C23H22Cl2N4.2C22H28N4.2C21H20N4/c1-14-27(2)20-9-4-15(10-21(20)28(14)3)12-29-13-26-22(16-5-6-16)23(29)18-11-17(24)7-8-19(18)25;1-15-24(2)19-11-8-16(12-20(19)25(15)3)13-26-14-23-21(17-9-10-17)22(26)18-6-4-5-7-18;1-15-24(2)19-11-8-16(12-20(19)25(15)3)13-26-14-23-21(17-6-4-5-7-17)22(26)18-9-10-18;1-24-13-22-18-10-7-15(11-19(18)24)12-25-14-23-20(16-8-9-16)21(25)17-5-3-2-4-6-17;1-24-13-22-18-10-7-15(11-19(18)24)12-25-14-23-20(21(25)17-8-9-17)16-5-3-2-4-6-16/h4,7-11,13,16H,1,5-6,12H2,2-3H3;2*8,11-12,14,17-18H,1,4-7,9-10,13H2,2-3H3;2-7,10-11,13-14,16H,8-9,12H2,1H3;2-7,10-11,13-14,17H,8-9,12H2,1H3. The van der Waals surface area contributed by atoms with Crippen molar-refractivity contribution in [1.29, 1.82) is 0 Å². The highest BCUT2D eigenvalue weighted by Gasteiger charge is 2.39. The molecule has 22 heteroatoms. The van der Waals surface area contributed by atoms with Gasteiger partial charge in [0.1, 0.15) is 17.5 Å². The molecule has 3 aliphatic heterocycles. The second-order valence-electron chi connectivity index (χ2n) is 38.2. The molecule has 7 aliphatic carbocycles. The van der Waals surface area contributed by atoms with Crippen molar-refractivity contribution in [2.75, 3.05) is 71.7 Å². The molecular weight excluding hydrogens is 1660 g/mol. The Hall–Kier alpha value is -12.7. The Morgan fingerprint density at radius 2 is 0.626 bits per heavy atom. The van der Waals surface area contributed by atoms with Crippen molar-refractivity contribution in [3.8, 4) is 33.8 Å². The van der Waals surface area contributed by atoms with E-state index in [0.717, 1.165) is 102 Å². The number of nitrogens with zero attached hydrogens (tertiary/aromatic N) is 20. The van der Waals surface area contributed by atoms with Crippen LogP contribution in [0.25, 0.3) is 55.8 Å². The van der Waals surface area contributed by atoms with Crippen LogP contribution < -0.4 is 29.4 Å². The van der Waals surface area contributed by atoms with Crippen LogP contribution in [0.5, 0.6) is 0 Å². The lowest BCUT2D eigenvalue weighted by Crippen LogP contribution is -2.20. The van der Waals surface area contributed by atoms with Crippen molar-refractivity contribution in [3.05, 3.63) is 329 Å². The minimum Gasteiger partial charge on any atom is -0.334 e. The molecule has 0 amide bonds. The number of benzene rings is 8. The summed E-state index contributed by atoms with van der Waals surface area (Å²) < 4.78 is 15.8. The molecule has 0 N–H and O–H groups in total. The van der Waals surface area contributed by atoms with E-state index in [1.165, 1.54) is 234 Å². The molecule has 25 rings (SSSR count). The molecule has 0 radical (unpaired) electrons. The monoisotopic (exact) mass is 1780 g/mol. The van der Waals surface area contributed by atoms with Gasteiger partial charge in [0.2, 0.25) is 0 Å². The maximum absolute atomic E-state index is 6.57. The van der Waals surface area contributed by atoms with Gasteiger partial charge in [-0.25, -0.2) is 34.9 Å². The Kier molecular flexibility index (Phi) is 23.1. The number of halogens is 2. The van der Waals surface area contributed by atoms with Gasteiger partial charge in [-0.1, -0.05) is 160 Å². The smallest absolute Gasteiger partial charge is 0.105 e. The van der Waals surface area contributed by atoms with Crippen LogP contribution in [-0.4, -0.2) is 109 Å². The van der Waals surface area contributed by atoms with Gasteiger partial charge in [-0.2, -0.15) is 0 Å². The molecular formula is C109H118Cl2N20. The Labute approximate surface area is 779 Å². The molecule has 0 atom stereocenters.